The quantitative estimate of drug-likeness (QED) is 0.309. The molecule has 33 heavy (non-hydrogen) atoms. The standard InChI is InChI=1S/C25H40N6O.HI/c1-2-26-25(29-22-12-16-31(19-22)24(32)21-9-5-6-10-21)28-18-20-11-13-27-23(17-20)30-14-7-3-4-8-15-30;/h11,13,17,21-22H,2-10,12,14-16,18-19H2,1H3,(H2,26,28,29);1H. The Labute approximate surface area is 216 Å². The third kappa shape index (κ3) is 7.45. The first-order valence-corrected chi connectivity index (χ1v) is 12.8. The fourth-order valence-electron chi connectivity index (χ4n) is 5.22. The minimum absolute atomic E-state index is 0. The van der Waals surface area contributed by atoms with Crippen LogP contribution in [0.1, 0.15) is 70.3 Å². The molecule has 184 valence electrons. The summed E-state index contributed by atoms with van der Waals surface area (Å²) in [6.07, 6.45) is 12.6. The van der Waals surface area contributed by atoms with E-state index in [1.165, 1.54) is 44.1 Å². The maximum atomic E-state index is 12.7. The highest BCUT2D eigenvalue weighted by Crippen LogP contribution is 2.28. The normalized spacial score (nSPS) is 22.1. The van der Waals surface area contributed by atoms with Gasteiger partial charge in [0.05, 0.1) is 6.54 Å². The monoisotopic (exact) mass is 568 g/mol. The number of nitrogens with zero attached hydrogens (tertiary/aromatic N) is 4. The third-order valence-electron chi connectivity index (χ3n) is 7.05. The minimum atomic E-state index is 0. The molecule has 0 aromatic carbocycles. The number of hydrogen-bond donors (Lipinski definition) is 2. The zero-order valence-electron chi connectivity index (χ0n) is 20.1. The smallest absolute Gasteiger partial charge is 0.225 e. The second-order valence-electron chi connectivity index (χ2n) is 9.51. The van der Waals surface area contributed by atoms with Crippen LogP contribution in [0.3, 0.4) is 0 Å². The number of carbonyl (C=O) groups is 1. The first-order valence-electron chi connectivity index (χ1n) is 12.8. The Morgan fingerprint density at radius 2 is 1.85 bits per heavy atom. The van der Waals surface area contributed by atoms with Crippen LogP contribution in [0.15, 0.2) is 23.3 Å². The SMILES string of the molecule is CCNC(=NCc1ccnc(N2CCCCCC2)c1)NC1CCN(C(=O)C2CCCC2)C1.I. The predicted octanol–water partition coefficient (Wildman–Crippen LogP) is 3.93. The molecular formula is C25H41IN6O. The van der Waals surface area contributed by atoms with E-state index in [-0.39, 0.29) is 35.9 Å². The Hall–Kier alpha value is -1.58. The van der Waals surface area contributed by atoms with Crippen molar-refractivity contribution in [2.45, 2.75) is 77.3 Å². The second-order valence-corrected chi connectivity index (χ2v) is 9.51. The Morgan fingerprint density at radius 3 is 2.58 bits per heavy atom. The molecule has 2 aliphatic heterocycles. The molecule has 1 aliphatic carbocycles. The minimum Gasteiger partial charge on any atom is -0.357 e. The van der Waals surface area contributed by atoms with E-state index >= 15 is 0 Å². The van der Waals surface area contributed by atoms with Crippen LogP contribution in [-0.2, 0) is 11.3 Å². The van der Waals surface area contributed by atoms with Crippen LogP contribution in [0.2, 0.25) is 0 Å². The Kier molecular flexibility index (Phi) is 10.5. The van der Waals surface area contributed by atoms with E-state index in [0.29, 0.717) is 12.5 Å². The van der Waals surface area contributed by atoms with Crippen molar-refractivity contribution in [3.05, 3.63) is 23.9 Å². The molecule has 0 bridgehead atoms. The molecule has 7 nitrogen and oxygen atoms in total. The van der Waals surface area contributed by atoms with E-state index in [1.54, 1.807) is 0 Å². The van der Waals surface area contributed by atoms with Crippen molar-refractivity contribution in [3.8, 4) is 0 Å². The summed E-state index contributed by atoms with van der Waals surface area (Å²) in [6, 6.07) is 4.52. The zero-order chi connectivity index (χ0) is 22.2. The molecule has 4 rings (SSSR count). The van der Waals surface area contributed by atoms with Gasteiger partial charge in [-0.25, -0.2) is 9.98 Å². The molecule has 2 N–H and O–H groups in total. The van der Waals surface area contributed by atoms with Gasteiger partial charge in [-0.05, 0) is 56.7 Å². The van der Waals surface area contributed by atoms with Crippen LogP contribution in [0.4, 0.5) is 5.82 Å². The van der Waals surface area contributed by atoms with E-state index in [9.17, 15) is 4.79 Å². The number of aromatic nitrogens is 1. The lowest BCUT2D eigenvalue weighted by atomic mass is 10.1. The maximum absolute atomic E-state index is 12.7. The van der Waals surface area contributed by atoms with Gasteiger partial charge in [0.1, 0.15) is 5.82 Å². The summed E-state index contributed by atoms with van der Waals surface area (Å²) in [7, 11) is 0. The molecule has 1 atom stereocenters. The Morgan fingerprint density at radius 1 is 1.09 bits per heavy atom. The lowest BCUT2D eigenvalue weighted by Gasteiger charge is -2.22. The average molecular weight is 569 g/mol. The van der Waals surface area contributed by atoms with Crippen molar-refractivity contribution in [3.63, 3.8) is 0 Å². The number of anilines is 1. The summed E-state index contributed by atoms with van der Waals surface area (Å²) < 4.78 is 0. The van der Waals surface area contributed by atoms with E-state index in [1.807, 2.05) is 6.20 Å². The summed E-state index contributed by atoms with van der Waals surface area (Å²) in [5.74, 6) is 2.54. The van der Waals surface area contributed by atoms with Gasteiger partial charge in [-0.1, -0.05) is 25.7 Å². The van der Waals surface area contributed by atoms with Gasteiger partial charge < -0.3 is 20.4 Å². The van der Waals surface area contributed by atoms with E-state index < -0.39 is 0 Å². The molecule has 1 unspecified atom stereocenters. The molecule has 3 heterocycles. The summed E-state index contributed by atoms with van der Waals surface area (Å²) in [5, 5.41) is 6.94. The average Bonchev–Trinajstić information content (AvgIpc) is 3.44. The van der Waals surface area contributed by atoms with Crippen molar-refractivity contribution in [1.82, 2.24) is 20.5 Å². The highest BCUT2D eigenvalue weighted by molar-refractivity contribution is 14.0. The zero-order valence-corrected chi connectivity index (χ0v) is 22.4. The molecule has 1 saturated carbocycles. The molecule has 2 saturated heterocycles. The van der Waals surface area contributed by atoms with Gasteiger partial charge in [-0.15, -0.1) is 24.0 Å². The molecule has 1 amide bonds. The Balaban J connectivity index is 0.00000306. The molecule has 1 aromatic heterocycles. The van der Waals surface area contributed by atoms with Crippen LogP contribution >= 0.6 is 24.0 Å². The van der Waals surface area contributed by atoms with E-state index in [4.69, 9.17) is 4.99 Å². The van der Waals surface area contributed by atoms with Gasteiger partial charge in [-0.3, -0.25) is 4.79 Å². The molecule has 3 fully saturated rings. The number of likely N-dealkylation sites (tertiary alicyclic amines) is 1. The molecular weight excluding hydrogens is 527 g/mol. The lowest BCUT2D eigenvalue weighted by Crippen LogP contribution is -2.45. The molecule has 1 aromatic rings. The fourth-order valence-corrected chi connectivity index (χ4v) is 5.22. The van der Waals surface area contributed by atoms with Crippen molar-refractivity contribution in [1.29, 1.82) is 0 Å². The summed E-state index contributed by atoms with van der Waals surface area (Å²) in [5.41, 5.74) is 1.18. The second kappa shape index (κ2) is 13.3. The Bertz CT molecular complexity index is 774. The number of pyridine rings is 1. The number of aliphatic imine (C=N–C) groups is 1. The number of guanidine groups is 1. The van der Waals surface area contributed by atoms with Gasteiger partial charge in [0.15, 0.2) is 5.96 Å². The molecule has 8 heteroatoms. The molecule has 0 spiro atoms. The summed E-state index contributed by atoms with van der Waals surface area (Å²) in [6.45, 7) is 7.37. The fraction of sp³-hybridized carbons (Fsp3) is 0.720. The first kappa shape index (κ1) is 26.0. The number of nitrogens with one attached hydrogen (secondary N) is 2. The topological polar surface area (TPSA) is 72.9 Å². The highest BCUT2D eigenvalue weighted by Gasteiger charge is 2.32. The van der Waals surface area contributed by atoms with Crippen molar-refractivity contribution in [2.75, 3.05) is 37.6 Å². The van der Waals surface area contributed by atoms with E-state index in [0.717, 1.165) is 63.8 Å². The van der Waals surface area contributed by atoms with Gasteiger partial charge in [-0.2, -0.15) is 0 Å². The van der Waals surface area contributed by atoms with Crippen LogP contribution in [0, 0.1) is 5.92 Å². The van der Waals surface area contributed by atoms with Crippen molar-refractivity contribution < 1.29 is 4.79 Å². The van der Waals surface area contributed by atoms with Gasteiger partial charge in [0, 0.05) is 50.9 Å². The molecule has 0 radical (unpaired) electrons. The van der Waals surface area contributed by atoms with Crippen LogP contribution < -0.4 is 15.5 Å². The number of rotatable bonds is 6. The maximum Gasteiger partial charge on any atom is 0.225 e. The van der Waals surface area contributed by atoms with E-state index in [2.05, 4.69) is 44.5 Å². The van der Waals surface area contributed by atoms with Gasteiger partial charge >= 0.3 is 0 Å². The van der Waals surface area contributed by atoms with Crippen molar-refractivity contribution >= 4 is 41.7 Å². The number of halogens is 1. The number of amides is 1. The first-order chi connectivity index (χ1) is 15.7. The number of carbonyl (C=O) groups excluding carboxylic acids is 1. The number of hydrogen-bond acceptors (Lipinski definition) is 4. The van der Waals surface area contributed by atoms with Crippen LogP contribution in [-0.4, -0.2) is 60.5 Å². The third-order valence-corrected chi connectivity index (χ3v) is 7.05. The highest BCUT2D eigenvalue weighted by atomic mass is 127. The molecule has 3 aliphatic rings. The summed E-state index contributed by atoms with van der Waals surface area (Å²) >= 11 is 0. The van der Waals surface area contributed by atoms with Crippen molar-refractivity contribution in [2.24, 2.45) is 10.9 Å². The van der Waals surface area contributed by atoms with Gasteiger partial charge in [0.25, 0.3) is 0 Å². The largest absolute Gasteiger partial charge is 0.357 e. The lowest BCUT2D eigenvalue weighted by molar-refractivity contribution is -0.134. The summed E-state index contributed by atoms with van der Waals surface area (Å²) in [4.78, 5) is 26.7. The predicted molar refractivity (Wildman–Crippen MR) is 145 cm³/mol. The van der Waals surface area contributed by atoms with Crippen LogP contribution in [0.5, 0.6) is 0 Å². The van der Waals surface area contributed by atoms with Gasteiger partial charge in [0.2, 0.25) is 5.91 Å². The van der Waals surface area contributed by atoms with Crippen LogP contribution in [0.25, 0.3) is 0 Å².